The fourth-order valence-corrected chi connectivity index (χ4v) is 1.17. The molecule has 0 aromatic heterocycles. The summed E-state index contributed by atoms with van der Waals surface area (Å²) in [7, 11) is -3.22. The Balaban J connectivity index is 0. The molecule has 0 bridgehead atoms. The van der Waals surface area contributed by atoms with Crippen LogP contribution < -0.4 is 0 Å². The largest absolute Gasteiger partial charge is 0.325 e. The quantitative estimate of drug-likeness (QED) is 0.775. The summed E-state index contributed by atoms with van der Waals surface area (Å²) in [6.07, 6.45) is -0.171. The second-order valence-corrected chi connectivity index (χ2v) is 3.77. The van der Waals surface area contributed by atoms with Gasteiger partial charge < -0.3 is 9.42 Å². The van der Waals surface area contributed by atoms with E-state index in [0.29, 0.717) is 0 Å². The molecule has 0 radical (unpaired) electrons. The molecule has 0 saturated carbocycles. The topological polar surface area (TPSA) is 46.5 Å². The Bertz CT molecular complexity index is 108. The molecule has 54 valence electrons. The van der Waals surface area contributed by atoms with Crippen LogP contribution in [0.5, 0.6) is 0 Å². The van der Waals surface area contributed by atoms with Crippen LogP contribution in [0.25, 0.3) is 0 Å². The number of hydrogen-bond acceptors (Lipinski definition) is 2. The van der Waals surface area contributed by atoms with Gasteiger partial charge in [0.15, 0.2) is 0 Å². The Kier molecular flexibility index (Phi) is 7.56. The first-order valence-corrected chi connectivity index (χ1v) is 4.43. The third-order valence-corrected chi connectivity index (χ3v) is 1.22. The average Bonchev–Trinajstić information content (AvgIpc) is 1.21. The van der Waals surface area contributed by atoms with Gasteiger partial charge in [0, 0.05) is 47.5 Å². The summed E-state index contributed by atoms with van der Waals surface area (Å²) in [5.74, 6) is 0. The van der Waals surface area contributed by atoms with E-state index in [4.69, 9.17) is 4.89 Å². The van der Waals surface area contributed by atoms with Crippen molar-refractivity contribution in [3.05, 3.63) is 0 Å². The van der Waals surface area contributed by atoms with E-state index < -0.39 is 7.60 Å². The molecule has 0 fully saturated rings. The Hall–Kier alpha value is 1.50. The molecule has 1 unspecified atom stereocenters. The van der Waals surface area contributed by atoms with Crippen molar-refractivity contribution in [3.63, 3.8) is 0 Å². The van der Waals surface area contributed by atoms with Crippen molar-refractivity contribution in [2.24, 2.45) is 0 Å². The van der Waals surface area contributed by atoms with Gasteiger partial charge in [-0.2, -0.15) is 0 Å². The van der Waals surface area contributed by atoms with Crippen LogP contribution in [0.3, 0.4) is 0 Å². The molecule has 0 aliphatic heterocycles. The fourth-order valence-electron chi connectivity index (χ4n) is 0.391. The smallest absolute Gasteiger partial charge is 0.324 e. The predicted octanol–water partition coefficient (Wildman–Crippen LogP) is 1.23. The third-order valence-electron chi connectivity index (χ3n) is 0.406. The normalized spacial score (nSPS) is 16.6. The van der Waals surface area contributed by atoms with E-state index in [-0.39, 0.29) is 46.9 Å². The molecule has 9 heavy (non-hydrogen) atoms. The molecule has 0 aliphatic carbocycles. The van der Waals surface area contributed by atoms with Crippen LogP contribution in [0.4, 0.5) is 0 Å². The Morgan fingerprint density at radius 2 is 1.89 bits per heavy atom. The van der Waals surface area contributed by atoms with Crippen molar-refractivity contribution in [1.82, 2.24) is 0 Å². The van der Waals surface area contributed by atoms with Crippen LogP contribution in [0.2, 0.25) is 0 Å². The van der Waals surface area contributed by atoms with E-state index in [1.807, 2.05) is 0 Å². The number of rotatable bonds is 2. The van der Waals surface area contributed by atoms with Crippen molar-refractivity contribution in [2.75, 3.05) is 6.66 Å². The van der Waals surface area contributed by atoms with Crippen LogP contribution in [0, 0.1) is 40.8 Å². The summed E-state index contributed by atoms with van der Waals surface area (Å²) in [4.78, 5) is 8.52. The Labute approximate surface area is 88.2 Å². The van der Waals surface area contributed by atoms with Crippen LogP contribution >= 0.6 is 7.60 Å². The maximum absolute atomic E-state index is 10.4. The van der Waals surface area contributed by atoms with E-state index >= 15 is 0 Å². The first kappa shape index (κ1) is 13.1. The average molecular weight is 282 g/mol. The fraction of sp³-hybridized carbons (Fsp3) is 1.00. The van der Waals surface area contributed by atoms with E-state index in [1.54, 1.807) is 13.8 Å². The molecule has 0 aliphatic rings. The van der Waals surface area contributed by atoms with Gasteiger partial charge in [0.1, 0.15) is 0 Å². The zero-order chi connectivity index (χ0) is 6.78. The van der Waals surface area contributed by atoms with Gasteiger partial charge in [-0.15, -0.1) is 0 Å². The van der Waals surface area contributed by atoms with E-state index in [9.17, 15) is 4.57 Å². The van der Waals surface area contributed by atoms with E-state index in [0.717, 1.165) is 0 Å². The summed E-state index contributed by atoms with van der Waals surface area (Å²) in [5, 5.41) is 0. The molecular weight excluding hydrogens is 271 g/mol. The van der Waals surface area contributed by atoms with E-state index in [1.165, 1.54) is 6.66 Å². The minimum Gasteiger partial charge on any atom is -0.324 e. The summed E-state index contributed by atoms with van der Waals surface area (Å²) in [6, 6.07) is 0. The van der Waals surface area contributed by atoms with Crippen molar-refractivity contribution >= 4 is 7.60 Å². The molecule has 1 atom stereocenters. The molecule has 5 heteroatoms. The molecule has 0 saturated heterocycles. The minimum absolute atomic E-state index is 0. The zero-order valence-electron chi connectivity index (χ0n) is 5.79. The van der Waals surface area contributed by atoms with Gasteiger partial charge >= 0.3 is 7.60 Å². The van der Waals surface area contributed by atoms with Crippen molar-refractivity contribution in [2.45, 2.75) is 20.0 Å². The second-order valence-electron chi connectivity index (χ2n) is 1.96. The van der Waals surface area contributed by atoms with Gasteiger partial charge in [-0.05, 0) is 13.8 Å². The first-order valence-electron chi connectivity index (χ1n) is 2.40. The molecule has 0 heterocycles. The molecule has 0 spiro atoms. The maximum Gasteiger partial charge on any atom is 0.325 e. The van der Waals surface area contributed by atoms with E-state index in [2.05, 4.69) is 4.52 Å². The SMILES string of the molecule is CC(C)OP(C)(=O)O.[Nd]. The number of hydrogen-bond donors (Lipinski definition) is 1. The van der Waals surface area contributed by atoms with Crippen molar-refractivity contribution in [3.8, 4) is 0 Å². The van der Waals surface area contributed by atoms with Gasteiger partial charge in [-0.25, -0.2) is 0 Å². The molecule has 0 rings (SSSR count). The first-order chi connectivity index (χ1) is 3.42. The minimum atomic E-state index is -3.22. The second kappa shape index (κ2) is 5.19. The molecule has 0 amide bonds. The molecule has 1 N–H and O–H groups in total. The van der Waals surface area contributed by atoms with Gasteiger partial charge in [0.25, 0.3) is 0 Å². The Morgan fingerprint density at radius 3 is 1.89 bits per heavy atom. The van der Waals surface area contributed by atoms with Gasteiger partial charge in [-0.1, -0.05) is 0 Å². The Morgan fingerprint density at radius 1 is 1.56 bits per heavy atom. The molecular formula is C4H11NdO3P. The van der Waals surface area contributed by atoms with Gasteiger partial charge in [0.05, 0.1) is 6.10 Å². The van der Waals surface area contributed by atoms with Crippen molar-refractivity contribution in [1.29, 1.82) is 0 Å². The maximum atomic E-state index is 10.4. The molecule has 3 nitrogen and oxygen atoms in total. The summed E-state index contributed by atoms with van der Waals surface area (Å²) >= 11 is 0. The molecule has 0 aromatic carbocycles. The van der Waals surface area contributed by atoms with Crippen LogP contribution in [-0.2, 0) is 9.09 Å². The monoisotopic (exact) mass is 280 g/mol. The predicted molar refractivity (Wildman–Crippen MR) is 32.0 cm³/mol. The van der Waals surface area contributed by atoms with Crippen molar-refractivity contribution < 1.29 is 54.8 Å². The third kappa shape index (κ3) is 12.6. The van der Waals surface area contributed by atoms with Crippen LogP contribution in [0.15, 0.2) is 0 Å². The zero-order valence-corrected chi connectivity index (χ0v) is 9.89. The standard InChI is InChI=1S/C4H11O3P.Nd/c1-4(2)7-8(3,5)6;/h4H,1-3H3,(H,5,6);. The summed E-state index contributed by atoms with van der Waals surface area (Å²) in [6.45, 7) is 4.60. The van der Waals surface area contributed by atoms with Gasteiger partial charge in [0.2, 0.25) is 0 Å². The summed E-state index contributed by atoms with van der Waals surface area (Å²) in [5.41, 5.74) is 0. The summed E-state index contributed by atoms with van der Waals surface area (Å²) < 4.78 is 14.9. The molecule has 0 aromatic rings. The van der Waals surface area contributed by atoms with Crippen LogP contribution in [-0.4, -0.2) is 17.7 Å². The van der Waals surface area contributed by atoms with Crippen LogP contribution in [0.1, 0.15) is 13.8 Å². The van der Waals surface area contributed by atoms with Gasteiger partial charge in [-0.3, -0.25) is 4.57 Å².